The van der Waals surface area contributed by atoms with Crippen molar-refractivity contribution in [3.05, 3.63) is 40.6 Å². The minimum absolute atomic E-state index is 0.164. The molecule has 1 atom stereocenters. The Hall–Kier alpha value is -1.59. The predicted octanol–water partition coefficient (Wildman–Crippen LogP) is 2.88. The van der Waals surface area contributed by atoms with E-state index >= 15 is 0 Å². The fourth-order valence-electron chi connectivity index (χ4n) is 1.64. The lowest BCUT2D eigenvalue weighted by Gasteiger charge is -2.13. The van der Waals surface area contributed by atoms with Crippen LogP contribution in [-0.2, 0) is 13.0 Å². The van der Waals surface area contributed by atoms with Crippen LogP contribution >= 0.6 is 11.6 Å². The monoisotopic (exact) mass is 281 g/mol. The highest BCUT2D eigenvalue weighted by Crippen LogP contribution is 2.27. The van der Waals surface area contributed by atoms with Crippen LogP contribution in [0.25, 0.3) is 0 Å². The molecule has 2 rings (SSSR count). The number of nitrogens with zero attached hydrogens (tertiary/aromatic N) is 2. The average molecular weight is 282 g/mol. The molecule has 0 saturated carbocycles. The highest BCUT2D eigenvalue weighted by molar-refractivity contribution is 6.30. The number of hydrogen-bond acceptors (Lipinski definition) is 5. The molecule has 6 heteroatoms. The Bertz CT molecular complexity index is 555. The molecule has 2 N–H and O–H groups in total. The van der Waals surface area contributed by atoms with Crippen LogP contribution in [0.3, 0.4) is 0 Å². The molecule has 19 heavy (non-hydrogen) atoms. The summed E-state index contributed by atoms with van der Waals surface area (Å²) in [7, 11) is 0. The van der Waals surface area contributed by atoms with Crippen LogP contribution in [0.4, 0.5) is 0 Å². The van der Waals surface area contributed by atoms with E-state index in [-0.39, 0.29) is 12.6 Å². The molecule has 0 spiro atoms. The molecule has 0 aliphatic rings. The number of nitrogens with two attached hydrogens (primary N) is 1. The Morgan fingerprint density at radius 3 is 2.74 bits per heavy atom. The first kappa shape index (κ1) is 13.8. The zero-order valence-corrected chi connectivity index (χ0v) is 11.6. The Morgan fingerprint density at radius 2 is 2.11 bits per heavy atom. The zero-order valence-electron chi connectivity index (χ0n) is 10.9. The fourth-order valence-corrected chi connectivity index (χ4v) is 1.82. The second-order valence-corrected chi connectivity index (χ2v) is 4.64. The number of aryl methyl sites for hydroxylation is 1. The van der Waals surface area contributed by atoms with E-state index in [1.807, 2.05) is 13.8 Å². The third kappa shape index (κ3) is 3.45. The second-order valence-electron chi connectivity index (χ2n) is 4.20. The number of ether oxygens (including phenoxy) is 1. The van der Waals surface area contributed by atoms with Crippen molar-refractivity contribution in [2.45, 2.75) is 32.9 Å². The third-order valence-electron chi connectivity index (χ3n) is 2.62. The Kier molecular flexibility index (Phi) is 4.39. The van der Waals surface area contributed by atoms with Gasteiger partial charge in [-0.1, -0.05) is 18.5 Å². The van der Waals surface area contributed by atoms with Gasteiger partial charge in [-0.05, 0) is 25.1 Å². The van der Waals surface area contributed by atoms with Gasteiger partial charge in [0, 0.05) is 23.0 Å². The lowest BCUT2D eigenvalue weighted by atomic mass is 10.1. The van der Waals surface area contributed by atoms with Crippen LogP contribution in [0.15, 0.2) is 22.6 Å². The quantitative estimate of drug-likeness (QED) is 0.912. The maximum Gasteiger partial charge on any atom is 0.253 e. The van der Waals surface area contributed by atoms with Gasteiger partial charge in [0.1, 0.15) is 5.75 Å². The van der Waals surface area contributed by atoms with Crippen LogP contribution in [0.5, 0.6) is 5.75 Å². The summed E-state index contributed by atoms with van der Waals surface area (Å²) in [4.78, 5) is 0. The van der Waals surface area contributed by atoms with Crippen molar-refractivity contribution < 1.29 is 9.15 Å². The summed E-state index contributed by atoms with van der Waals surface area (Å²) >= 11 is 5.95. The first-order valence-corrected chi connectivity index (χ1v) is 6.47. The molecular weight excluding hydrogens is 266 g/mol. The van der Waals surface area contributed by atoms with Crippen molar-refractivity contribution in [2.75, 3.05) is 0 Å². The lowest BCUT2D eigenvalue weighted by molar-refractivity contribution is 0.256. The number of rotatable bonds is 5. The molecule has 5 nitrogen and oxygen atoms in total. The Balaban J connectivity index is 2.10. The summed E-state index contributed by atoms with van der Waals surface area (Å²) in [6, 6.07) is 5.18. The van der Waals surface area contributed by atoms with E-state index in [4.69, 9.17) is 26.5 Å². The summed E-state index contributed by atoms with van der Waals surface area (Å²) in [6.07, 6.45) is 0.707. The molecule has 0 radical (unpaired) electrons. The van der Waals surface area contributed by atoms with Crippen LogP contribution < -0.4 is 10.5 Å². The van der Waals surface area contributed by atoms with E-state index < -0.39 is 0 Å². The van der Waals surface area contributed by atoms with Gasteiger partial charge in [-0.3, -0.25) is 0 Å². The van der Waals surface area contributed by atoms with Crippen molar-refractivity contribution in [2.24, 2.45) is 5.73 Å². The standard InChI is InChI=1S/C13H16ClN3O2/c1-3-12-16-17-13(19-12)7-18-11-5-4-9(14)6-10(11)8(2)15/h4-6,8H,3,7,15H2,1-2H3. The Morgan fingerprint density at radius 1 is 1.37 bits per heavy atom. The molecular formula is C13H16ClN3O2. The van der Waals surface area contributed by atoms with Crippen molar-refractivity contribution in [3.63, 3.8) is 0 Å². The van der Waals surface area contributed by atoms with E-state index in [0.717, 1.165) is 5.56 Å². The largest absolute Gasteiger partial charge is 0.483 e. The molecule has 0 aliphatic carbocycles. The van der Waals surface area contributed by atoms with E-state index in [1.54, 1.807) is 18.2 Å². The number of aromatic nitrogens is 2. The van der Waals surface area contributed by atoms with Gasteiger partial charge >= 0.3 is 0 Å². The van der Waals surface area contributed by atoms with Gasteiger partial charge in [0.2, 0.25) is 5.89 Å². The molecule has 2 aromatic rings. The minimum Gasteiger partial charge on any atom is -0.483 e. The van der Waals surface area contributed by atoms with Gasteiger partial charge in [0.05, 0.1) is 0 Å². The molecule has 0 fully saturated rings. The molecule has 0 bridgehead atoms. The van der Waals surface area contributed by atoms with Gasteiger partial charge in [-0.15, -0.1) is 10.2 Å². The lowest BCUT2D eigenvalue weighted by Crippen LogP contribution is -2.08. The van der Waals surface area contributed by atoms with Crippen molar-refractivity contribution in [1.82, 2.24) is 10.2 Å². The molecule has 0 saturated heterocycles. The fraction of sp³-hybridized carbons (Fsp3) is 0.385. The van der Waals surface area contributed by atoms with Crippen LogP contribution in [0.2, 0.25) is 5.02 Å². The highest BCUT2D eigenvalue weighted by Gasteiger charge is 2.11. The first-order valence-electron chi connectivity index (χ1n) is 6.09. The average Bonchev–Trinajstić information content (AvgIpc) is 2.85. The predicted molar refractivity (Wildman–Crippen MR) is 72.1 cm³/mol. The molecule has 0 aliphatic heterocycles. The van der Waals surface area contributed by atoms with Gasteiger partial charge in [-0.25, -0.2) is 0 Å². The summed E-state index contributed by atoms with van der Waals surface area (Å²) in [6.45, 7) is 4.04. The SMILES string of the molecule is CCc1nnc(COc2ccc(Cl)cc2C(C)N)o1. The maximum atomic E-state index is 5.95. The topological polar surface area (TPSA) is 74.2 Å². The van der Waals surface area contributed by atoms with Gasteiger partial charge in [-0.2, -0.15) is 0 Å². The molecule has 1 aromatic heterocycles. The summed E-state index contributed by atoms with van der Waals surface area (Å²) in [5.41, 5.74) is 6.74. The van der Waals surface area contributed by atoms with Crippen LogP contribution in [-0.4, -0.2) is 10.2 Å². The Labute approximate surface area is 116 Å². The van der Waals surface area contributed by atoms with Gasteiger partial charge in [0.25, 0.3) is 5.89 Å². The van der Waals surface area contributed by atoms with E-state index in [2.05, 4.69) is 10.2 Å². The van der Waals surface area contributed by atoms with Gasteiger partial charge < -0.3 is 14.9 Å². The van der Waals surface area contributed by atoms with Gasteiger partial charge in [0.15, 0.2) is 6.61 Å². The smallest absolute Gasteiger partial charge is 0.253 e. The molecule has 1 heterocycles. The number of halogens is 1. The van der Waals surface area contributed by atoms with E-state index in [0.29, 0.717) is 29.0 Å². The number of hydrogen-bond donors (Lipinski definition) is 1. The first-order chi connectivity index (χ1) is 9.10. The molecule has 1 unspecified atom stereocenters. The summed E-state index contributed by atoms with van der Waals surface area (Å²) in [5.74, 6) is 1.72. The van der Waals surface area contributed by atoms with Crippen molar-refractivity contribution >= 4 is 11.6 Å². The zero-order chi connectivity index (χ0) is 13.8. The summed E-state index contributed by atoms with van der Waals surface area (Å²) in [5, 5.41) is 8.40. The van der Waals surface area contributed by atoms with Crippen molar-refractivity contribution in [1.29, 1.82) is 0 Å². The van der Waals surface area contributed by atoms with Crippen LogP contribution in [0, 0.1) is 0 Å². The highest BCUT2D eigenvalue weighted by atomic mass is 35.5. The molecule has 1 aromatic carbocycles. The molecule has 102 valence electrons. The maximum absolute atomic E-state index is 5.95. The van der Waals surface area contributed by atoms with Crippen molar-refractivity contribution in [3.8, 4) is 5.75 Å². The van der Waals surface area contributed by atoms with E-state index in [9.17, 15) is 0 Å². The normalized spacial score (nSPS) is 12.4. The van der Waals surface area contributed by atoms with Crippen LogP contribution in [0.1, 0.15) is 37.2 Å². The summed E-state index contributed by atoms with van der Waals surface area (Å²) < 4.78 is 11.0. The minimum atomic E-state index is -0.164. The second kappa shape index (κ2) is 6.04. The third-order valence-corrected chi connectivity index (χ3v) is 2.86. The molecule has 0 amide bonds. The van der Waals surface area contributed by atoms with E-state index in [1.165, 1.54) is 0 Å². The number of benzene rings is 1.